The lowest BCUT2D eigenvalue weighted by Crippen LogP contribution is -2.44. The van der Waals surface area contributed by atoms with Gasteiger partial charge in [0.15, 0.2) is 4.77 Å². The number of aromatic nitrogens is 2. The lowest BCUT2D eigenvalue weighted by Gasteiger charge is -2.31. The van der Waals surface area contributed by atoms with E-state index < -0.39 is 0 Å². The molecule has 0 spiro atoms. The first-order chi connectivity index (χ1) is 11.0. The third kappa shape index (κ3) is 2.94. The van der Waals surface area contributed by atoms with Crippen LogP contribution >= 0.6 is 12.2 Å². The number of aromatic amines is 1. The van der Waals surface area contributed by atoms with Gasteiger partial charge in [-0.15, -0.1) is 0 Å². The first-order valence-electron chi connectivity index (χ1n) is 7.69. The molecule has 0 radical (unpaired) electrons. The Hall–Kier alpha value is -1.99. The van der Waals surface area contributed by atoms with Crippen LogP contribution in [0.3, 0.4) is 0 Å². The molecule has 2 aromatic rings. The first-order valence-corrected chi connectivity index (χ1v) is 8.10. The number of morpholine rings is 1. The number of fused-ring (bicyclic) bond motifs is 1. The second kappa shape index (κ2) is 6.25. The molecule has 23 heavy (non-hydrogen) atoms. The average molecular weight is 333 g/mol. The van der Waals surface area contributed by atoms with Crippen LogP contribution in [0.15, 0.2) is 23.0 Å². The topological polar surface area (TPSA) is 67.3 Å². The van der Waals surface area contributed by atoms with Gasteiger partial charge in [-0.25, -0.2) is 0 Å². The van der Waals surface area contributed by atoms with Gasteiger partial charge in [-0.05, 0) is 44.3 Å². The van der Waals surface area contributed by atoms with E-state index in [9.17, 15) is 9.59 Å². The summed E-state index contributed by atoms with van der Waals surface area (Å²) < 4.78 is 7.34. The van der Waals surface area contributed by atoms with Gasteiger partial charge in [-0.1, -0.05) is 0 Å². The number of ether oxygens (including phenoxy) is 1. The van der Waals surface area contributed by atoms with Crippen LogP contribution in [0.1, 0.15) is 24.2 Å². The molecule has 1 amide bonds. The molecular weight excluding hydrogens is 314 g/mol. The fraction of sp³-hybridized carbons (Fsp3) is 0.438. The highest BCUT2D eigenvalue weighted by atomic mass is 32.1. The Labute approximate surface area is 138 Å². The Kier molecular flexibility index (Phi) is 4.32. The van der Waals surface area contributed by atoms with Crippen molar-refractivity contribution in [1.29, 1.82) is 0 Å². The van der Waals surface area contributed by atoms with Gasteiger partial charge in [-0.2, -0.15) is 0 Å². The number of carbonyl (C=O) groups excluding carboxylic acids is 1. The predicted molar refractivity (Wildman–Crippen MR) is 90.4 cm³/mol. The van der Waals surface area contributed by atoms with Crippen molar-refractivity contribution in [2.45, 2.75) is 26.5 Å². The molecule has 3 rings (SSSR count). The second-order valence-electron chi connectivity index (χ2n) is 5.67. The maximum atomic E-state index is 12.6. The minimum Gasteiger partial charge on any atom is -0.375 e. The number of nitrogens with one attached hydrogen (secondary N) is 1. The number of carbonyl (C=O) groups is 1. The molecule has 1 N–H and O–H groups in total. The van der Waals surface area contributed by atoms with Crippen molar-refractivity contribution in [3.05, 3.63) is 38.9 Å². The Morgan fingerprint density at radius 2 is 2.26 bits per heavy atom. The van der Waals surface area contributed by atoms with Gasteiger partial charge in [0.25, 0.3) is 11.5 Å². The highest BCUT2D eigenvalue weighted by Gasteiger charge is 2.22. The Bertz CT molecular complexity index is 871. The SMILES string of the molecule is CCn1c(=S)[nH]c2cc(C(=O)N3CCOC(C)C3)ccc2c1=O. The standard InChI is InChI=1S/C16H19N3O3S/c1-3-19-15(21)12-5-4-11(8-13(12)17-16(19)23)14(20)18-6-7-22-10(2)9-18/h4-5,8,10H,3,6-7,9H2,1-2H3,(H,17,23). The van der Waals surface area contributed by atoms with Crippen LogP contribution in [0.5, 0.6) is 0 Å². The van der Waals surface area contributed by atoms with Crippen molar-refractivity contribution in [2.24, 2.45) is 0 Å². The smallest absolute Gasteiger partial charge is 0.262 e. The zero-order valence-electron chi connectivity index (χ0n) is 13.2. The molecule has 7 heteroatoms. The number of hydrogen-bond donors (Lipinski definition) is 1. The number of hydrogen-bond acceptors (Lipinski definition) is 4. The first kappa shape index (κ1) is 15.9. The molecule has 1 atom stereocenters. The molecule has 6 nitrogen and oxygen atoms in total. The molecule has 1 aliphatic rings. The van der Waals surface area contributed by atoms with E-state index in [4.69, 9.17) is 17.0 Å². The van der Waals surface area contributed by atoms with Gasteiger partial charge >= 0.3 is 0 Å². The molecule has 1 aromatic heterocycles. The van der Waals surface area contributed by atoms with E-state index in [0.29, 0.717) is 47.5 Å². The van der Waals surface area contributed by atoms with Gasteiger partial charge in [0.05, 0.1) is 23.6 Å². The van der Waals surface area contributed by atoms with E-state index in [1.165, 1.54) is 4.57 Å². The number of nitrogens with zero attached hydrogens (tertiary/aromatic N) is 2. The summed E-state index contributed by atoms with van der Waals surface area (Å²) in [4.78, 5) is 29.8. The van der Waals surface area contributed by atoms with Crippen LogP contribution < -0.4 is 5.56 Å². The maximum Gasteiger partial charge on any atom is 0.262 e. The van der Waals surface area contributed by atoms with Gasteiger partial charge < -0.3 is 14.6 Å². The molecule has 2 heterocycles. The summed E-state index contributed by atoms with van der Waals surface area (Å²) in [6, 6.07) is 5.09. The summed E-state index contributed by atoms with van der Waals surface area (Å²) in [6.07, 6.45) is 0.0377. The van der Waals surface area contributed by atoms with E-state index in [0.717, 1.165) is 0 Å². The number of benzene rings is 1. The van der Waals surface area contributed by atoms with E-state index in [1.807, 2.05) is 13.8 Å². The molecule has 0 aliphatic carbocycles. The average Bonchev–Trinajstić information content (AvgIpc) is 2.54. The van der Waals surface area contributed by atoms with E-state index in [2.05, 4.69) is 4.98 Å². The molecular formula is C16H19N3O3S. The molecule has 1 unspecified atom stereocenters. The third-order valence-corrected chi connectivity index (χ3v) is 4.40. The Morgan fingerprint density at radius 1 is 1.48 bits per heavy atom. The van der Waals surface area contributed by atoms with Crippen LogP contribution in [-0.2, 0) is 11.3 Å². The minimum atomic E-state index is -0.134. The van der Waals surface area contributed by atoms with Gasteiger partial charge in [-0.3, -0.25) is 14.2 Å². The fourth-order valence-corrected chi connectivity index (χ4v) is 3.18. The quantitative estimate of drug-likeness (QED) is 0.853. The van der Waals surface area contributed by atoms with Crippen LogP contribution in [0.25, 0.3) is 10.9 Å². The summed E-state index contributed by atoms with van der Waals surface area (Å²) in [5.74, 6) is -0.0546. The van der Waals surface area contributed by atoms with E-state index in [-0.39, 0.29) is 17.6 Å². The van der Waals surface area contributed by atoms with Crippen molar-refractivity contribution in [3.63, 3.8) is 0 Å². The zero-order chi connectivity index (χ0) is 16.6. The highest BCUT2D eigenvalue weighted by Crippen LogP contribution is 2.15. The van der Waals surface area contributed by atoms with Crippen LogP contribution in [0, 0.1) is 4.77 Å². The van der Waals surface area contributed by atoms with Crippen molar-refractivity contribution >= 4 is 29.0 Å². The van der Waals surface area contributed by atoms with Crippen molar-refractivity contribution < 1.29 is 9.53 Å². The van der Waals surface area contributed by atoms with Crippen LogP contribution in [0.4, 0.5) is 0 Å². The molecule has 1 saturated heterocycles. The fourth-order valence-electron chi connectivity index (χ4n) is 2.86. The van der Waals surface area contributed by atoms with Crippen LogP contribution in [0.2, 0.25) is 0 Å². The van der Waals surface area contributed by atoms with Crippen molar-refractivity contribution in [2.75, 3.05) is 19.7 Å². The third-order valence-electron chi connectivity index (χ3n) is 4.07. The number of H-pyrrole nitrogens is 1. The molecule has 0 bridgehead atoms. The largest absolute Gasteiger partial charge is 0.375 e. The van der Waals surface area contributed by atoms with Gasteiger partial charge in [0, 0.05) is 25.2 Å². The molecule has 1 fully saturated rings. The summed E-state index contributed by atoms with van der Waals surface area (Å²) in [5, 5.41) is 0.535. The molecule has 122 valence electrons. The van der Waals surface area contributed by atoms with E-state index in [1.54, 1.807) is 23.1 Å². The predicted octanol–water partition coefficient (Wildman–Crippen LogP) is 1.94. The minimum absolute atomic E-state index is 0.0377. The summed E-state index contributed by atoms with van der Waals surface area (Å²) in [7, 11) is 0. The lowest BCUT2D eigenvalue weighted by atomic mass is 10.1. The lowest BCUT2D eigenvalue weighted by molar-refractivity contribution is -0.0124. The number of amides is 1. The number of rotatable bonds is 2. The summed E-state index contributed by atoms with van der Waals surface area (Å²) >= 11 is 5.21. The van der Waals surface area contributed by atoms with Crippen molar-refractivity contribution in [3.8, 4) is 0 Å². The zero-order valence-corrected chi connectivity index (χ0v) is 14.0. The van der Waals surface area contributed by atoms with Crippen molar-refractivity contribution in [1.82, 2.24) is 14.5 Å². The maximum absolute atomic E-state index is 12.6. The second-order valence-corrected chi connectivity index (χ2v) is 6.06. The highest BCUT2D eigenvalue weighted by molar-refractivity contribution is 7.71. The van der Waals surface area contributed by atoms with Gasteiger partial charge in [0.2, 0.25) is 0 Å². The summed E-state index contributed by atoms with van der Waals surface area (Å²) in [6.45, 7) is 6.03. The molecule has 1 aromatic carbocycles. The normalized spacial score (nSPS) is 18.3. The Morgan fingerprint density at radius 3 is 2.96 bits per heavy atom. The van der Waals surface area contributed by atoms with E-state index >= 15 is 0 Å². The monoisotopic (exact) mass is 333 g/mol. The molecule has 0 saturated carbocycles. The Balaban J connectivity index is 2.02. The molecule has 1 aliphatic heterocycles. The van der Waals surface area contributed by atoms with Gasteiger partial charge in [0.1, 0.15) is 0 Å². The summed E-state index contributed by atoms with van der Waals surface area (Å²) in [5.41, 5.74) is 1.01. The van der Waals surface area contributed by atoms with Crippen LogP contribution in [-0.4, -0.2) is 46.2 Å².